The van der Waals surface area contributed by atoms with Crippen LogP contribution < -0.4 is 5.32 Å². The third-order valence-corrected chi connectivity index (χ3v) is 2.70. The van der Waals surface area contributed by atoms with E-state index in [0.717, 1.165) is 32.7 Å². The lowest BCUT2D eigenvalue weighted by Crippen LogP contribution is -2.13. The van der Waals surface area contributed by atoms with Crippen LogP contribution in [0.15, 0.2) is 18.5 Å². The summed E-state index contributed by atoms with van der Waals surface area (Å²) < 4.78 is 12.6. The molecule has 0 aliphatic carbocycles. The van der Waals surface area contributed by atoms with Crippen LogP contribution in [0.4, 0.5) is 0 Å². The Morgan fingerprint density at radius 3 is 2.94 bits per heavy atom. The molecule has 4 heteroatoms. The standard InChI is InChI=1S/C14H26N2O2/c1-3-6-15-12-14-5-8-16(13-14)7-4-9-18-11-10-17-2/h5,8,13,15H,3-4,6-7,9-12H2,1-2H3. The Bertz CT molecular complexity index is 300. The van der Waals surface area contributed by atoms with Crippen LogP contribution in [-0.4, -0.2) is 38.0 Å². The van der Waals surface area contributed by atoms with Crippen molar-refractivity contribution in [3.63, 3.8) is 0 Å². The second kappa shape index (κ2) is 10.1. The van der Waals surface area contributed by atoms with Gasteiger partial charge in [0.15, 0.2) is 0 Å². The summed E-state index contributed by atoms with van der Waals surface area (Å²) in [4.78, 5) is 0. The van der Waals surface area contributed by atoms with Crippen molar-refractivity contribution in [2.45, 2.75) is 32.9 Å². The van der Waals surface area contributed by atoms with Gasteiger partial charge in [0.2, 0.25) is 0 Å². The first-order valence-electron chi connectivity index (χ1n) is 6.79. The fraction of sp³-hybridized carbons (Fsp3) is 0.714. The highest BCUT2D eigenvalue weighted by molar-refractivity contribution is 5.09. The van der Waals surface area contributed by atoms with Crippen molar-refractivity contribution < 1.29 is 9.47 Å². The van der Waals surface area contributed by atoms with E-state index in [-0.39, 0.29) is 0 Å². The maximum atomic E-state index is 5.43. The Morgan fingerprint density at radius 1 is 1.28 bits per heavy atom. The molecule has 1 aromatic rings. The molecule has 18 heavy (non-hydrogen) atoms. The van der Waals surface area contributed by atoms with Gasteiger partial charge in [0, 0.05) is 39.2 Å². The van der Waals surface area contributed by atoms with Crippen LogP contribution in [-0.2, 0) is 22.6 Å². The third-order valence-electron chi connectivity index (χ3n) is 2.70. The molecule has 0 spiro atoms. The average Bonchev–Trinajstić information content (AvgIpc) is 2.82. The highest BCUT2D eigenvalue weighted by atomic mass is 16.5. The van der Waals surface area contributed by atoms with Crippen molar-refractivity contribution in [3.05, 3.63) is 24.0 Å². The van der Waals surface area contributed by atoms with Gasteiger partial charge in [-0.2, -0.15) is 0 Å². The Labute approximate surface area is 110 Å². The molecule has 1 heterocycles. The first-order valence-corrected chi connectivity index (χ1v) is 6.79. The van der Waals surface area contributed by atoms with Crippen molar-refractivity contribution >= 4 is 0 Å². The van der Waals surface area contributed by atoms with E-state index >= 15 is 0 Å². The normalized spacial score (nSPS) is 11.0. The van der Waals surface area contributed by atoms with Gasteiger partial charge in [-0.3, -0.25) is 0 Å². The smallest absolute Gasteiger partial charge is 0.0700 e. The maximum Gasteiger partial charge on any atom is 0.0700 e. The van der Waals surface area contributed by atoms with Gasteiger partial charge in [-0.05, 0) is 31.0 Å². The number of ether oxygens (including phenoxy) is 2. The SMILES string of the molecule is CCCNCc1ccn(CCCOCCOC)c1. The van der Waals surface area contributed by atoms with Crippen LogP contribution in [0.25, 0.3) is 0 Å². The molecule has 104 valence electrons. The van der Waals surface area contributed by atoms with Gasteiger partial charge < -0.3 is 19.4 Å². The van der Waals surface area contributed by atoms with E-state index in [1.54, 1.807) is 7.11 Å². The Balaban J connectivity index is 2.07. The lowest BCUT2D eigenvalue weighted by molar-refractivity contribution is 0.0680. The number of hydrogen-bond donors (Lipinski definition) is 1. The summed E-state index contributed by atoms with van der Waals surface area (Å²) in [5, 5.41) is 3.40. The second-order valence-corrected chi connectivity index (χ2v) is 4.39. The molecule has 0 fully saturated rings. The van der Waals surface area contributed by atoms with Crippen LogP contribution in [0.5, 0.6) is 0 Å². The molecule has 0 saturated carbocycles. The second-order valence-electron chi connectivity index (χ2n) is 4.39. The van der Waals surface area contributed by atoms with E-state index in [9.17, 15) is 0 Å². The zero-order valence-electron chi connectivity index (χ0n) is 11.7. The van der Waals surface area contributed by atoms with E-state index in [1.165, 1.54) is 12.0 Å². The van der Waals surface area contributed by atoms with Crippen LogP contribution in [0, 0.1) is 0 Å². The maximum absolute atomic E-state index is 5.43. The van der Waals surface area contributed by atoms with Crippen LogP contribution in [0.1, 0.15) is 25.3 Å². The largest absolute Gasteiger partial charge is 0.382 e. The molecule has 0 saturated heterocycles. The van der Waals surface area contributed by atoms with Crippen LogP contribution in [0.3, 0.4) is 0 Å². The molecule has 4 nitrogen and oxygen atoms in total. The van der Waals surface area contributed by atoms with E-state index in [4.69, 9.17) is 9.47 Å². The summed E-state index contributed by atoms with van der Waals surface area (Å²) in [6, 6.07) is 2.18. The van der Waals surface area contributed by atoms with Crippen LogP contribution >= 0.6 is 0 Å². The monoisotopic (exact) mass is 254 g/mol. The molecule has 0 radical (unpaired) electrons. The molecule has 0 amide bonds. The predicted octanol–water partition coefficient (Wildman–Crippen LogP) is 2.04. The van der Waals surface area contributed by atoms with Gasteiger partial charge in [0.1, 0.15) is 0 Å². The van der Waals surface area contributed by atoms with Gasteiger partial charge in [0.05, 0.1) is 13.2 Å². The van der Waals surface area contributed by atoms with E-state index in [0.29, 0.717) is 13.2 Å². The van der Waals surface area contributed by atoms with Gasteiger partial charge in [-0.15, -0.1) is 0 Å². The minimum absolute atomic E-state index is 0.677. The zero-order chi connectivity index (χ0) is 13.1. The predicted molar refractivity (Wildman–Crippen MR) is 73.7 cm³/mol. The first kappa shape index (κ1) is 15.2. The lowest BCUT2D eigenvalue weighted by atomic mass is 10.3. The zero-order valence-corrected chi connectivity index (χ0v) is 11.7. The topological polar surface area (TPSA) is 35.4 Å². The summed E-state index contributed by atoms with van der Waals surface area (Å²) >= 11 is 0. The average molecular weight is 254 g/mol. The molecule has 1 aromatic heterocycles. The lowest BCUT2D eigenvalue weighted by Gasteiger charge is -2.04. The number of nitrogens with one attached hydrogen (secondary N) is 1. The number of nitrogens with zero attached hydrogens (tertiary/aromatic N) is 1. The van der Waals surface area contributed by atoms with E-state index in [2.05, 4.69) is 35.3 Å². The quantitative estimate of drug-likeness (QED) is 0.614. The van der Waals surface area contributed by atoms with Crippen molar-refractivity contribution in [3.8, 4) is 0 Å². The van der Waals surface area contributed by atoms with Gasteiger partial charge in [0.25, 0.3) is 0 Å². The summed E-state index contributed by atoms with van der Waals surface area (Å²) in [6.07, 6.45) is 6.57. The van der Waals surface area contributed by atoms with Gasteiger partial charge >= 0.3 is 0 Å². The Kier molecular flexibility index (Phi) is 8.55. The Hall–Kier alpha value is -0.840. The molecule has 0 aromatic carbocycles. The number of aryl methyl sites for hydroxylation is 1. The highest BCUT2D eigenvalue weighted by Crippen LogP contribution is 2.02. The number of aromatic nitrogens is 1. The summed E-state index contributed by atoms with van der Waals surface area (Å²) in [5.41, 5.74) is 1.35. The fourth-order valence-electron chi connectivity index (χ4n) is 1.74. The minimum atomic E-state index is 0.677. The number of rotatable bonds is 11. The summed E-state index contributed by atoms with van der Waals surface area (Å²) in [6.45, 7) is 7.41. The molecule has 0 atom stereocenters. The molecule has 1 N–H and O–H groups in total. The van der Waals surface area contributed by atoms with Gasteiger partial charge in [-0.25, -0.2) is 0 Å². The van der Waals surface area contributed by atoms with E-state index < -0.39 is 0 Å². The number of methoxy groups -OCH3 is 1. The minimum Gasteiger partial charge on any atom is -0.382 e. The first-order chi connectivity index (χ1) is 8.86. The van der Waals surface area contributed by atoms with Crippen molar-refractivity contribution in [2.24, 2.45) is 0 Å². The summed E-state index contributed by atoms with van der Waals surface area (Å²) in [5.74, 6) is 0. The molecular formula is C14H26N2O2. The van der Waals surface area contributed by atoms with Crippen LogP contribution in [0.2, 0.25) is 0 Å². The molecule has 0 aliphatic heterocycles. The fourth-order valence-corrected chi connectivity index (χ4v) is 1.74. The number of hydrogen-bond acceptors (Lipinski definition) is 3. The molecule has 0 bridgehead atoms. The molecular weight excluding hydrogens is 228 g/mol. The molecule has 1 rings (SSSR count). The summed E-state index contributed by atoms with van der Waals surface area (Å²) in [7, 11) is 1.69. The van der Waals surface area contributed by atoms with Gasteiger partial charge in [-0.1, -0.05) is 6.92 Å². The third kappa shape index (κ3) is 6.79. The van der Waals surface area contributed by atoms with Crippen molar-refractivity contribution in [1.82, 2.24) is 9.88 Å². The molecule has 0 unspecified atom stereocenters. The highest BCUT2D eigenvalue weighted by Gasteiger charge is 1.97. The van der Waals surface area contributed by atoms with E-state index in [1.807, 2.05) is 0 Å². The van der Waals surface area contributed by atoms with Crippen molar-refractivity contribution in [1.29, 1.82) is 0 Å². The Morgan fingerprint density at radius 2 is 2.17 bits per heavy atom. The van der Waals surface area contributed by atoms with Crippen molar-refractivity contribution in [2.75, 3.05) is 33.5 Å². The molecule has 0 aliphatic rings.